The van der Waals surface area contributed by atoms with E-state index in [1.807, 2.05) is 30.3 Å². The summed E-state index contributed by atoms with van der Waals surface area (Å²) in [6.07, 6.45) is 1.73. The minimum Gasteiger partial charge on any atom is -0.497 e. The van der Waals surface area contributed by atoms with E-state index in [0.29, 0.717) is 0 Å². The van der Waals surface area contributed by atoms with Gasteiger partial charge in [-0.05, 0) is 54.3 Å². The predicted molar refractivity (Wildman–Crippen MR) is 74.1 cm³/mol. The zero-order valence-electron chi connectivity index (χ0n) is 10.8. The van der Waals surface area contributed by atoms with Crippen molar-refractivity contribution in [3.8, 4) is 5.75 Å². The smallest absolute Gasteiger partial charge is 0.126 e. The summed E-state index contributed by atoms with van der Waals surface area (Å²) in [6, 6.07) is 13.3. The molecule has 1 atom stereocenters. The Labute approximate surface area is 112 Å². The Bertz CT molecular complexity index is 580. The Morgan fingerprint density at radius 2 is 1.95 bits per heavy atom. The second kappa shape index (κ2) is 4.92. The van der Waals surface area contributed by atoms with Crippen molar-refractivity contribution < 1.29 is 9.13 Å². The van der Waals surface area contributed by atoms with Gasteiger partial charge in [-0.2, -0.15) is 0 Å². The fourth-order valence-corrected chi connectivity index (χ4v) is 2.65. The van der Waals surface area contributed by atoms with Gasteiger partial charge in [-0.15, -0.1) is 0 Å². The molecule has 0 bridgehead atoms. The summed E-state index contributed by atoms with van der Waals surface area (Å²) in [5.74, 6) is 0.750. The van der Waals surface area contributed by atoms with Crippen LogP contribution in [0.4, 0.5) is 10.1 Å². The summed E-state index contributed by atoms with van der Waals surface area (Å²) in [4.78, 5) is 0. The Hall–Kier alpha value is -2.03. The molecule has 0 heterocycles. The van der Waals surface area contributed by atoms with E-state index in [2.05, 4.69) is 5.32 Å². The molecule has 3 heteroatoms. The Morgan fingerprint density at radius 1 is 1.16 bits per heavy atom. The maximum atomic E-state index is 13.7. The van der Waals surface area contributed by atoms with Crippen LogP contribution in [-0.4, -0.2) is 7.11 Å². The van der Waals surface area contributed by atoms with Crippen LogP contribution in [0, 0.1) is 5.82 Å². The monoisotopic (exact) mass is 257 g/mol. The third-order valence-corrected chi connectivity index (χ3v) is 3.64. The molecule has 1 N–H and O–H groups in total. The first-order valence-corrected chi connectivity index (χ1v) is 6.46. The van der Waals surface area contributed by atoms with Crippen LogP contribution >= 0.6 is 0 Å². The molecule has 2 nitrogen and oxygen atoms in total. The maximum absolute atomic E-state index is 13.7. The highest BCUT2D eigenvalue weighted by Crippen LogP contribution is 2.35. The first-order chi connectivity index (χ1) is 9.28. The van der Waals surface area contributed by atoms with E-state index in [1.165, 1.54) is 6.07 Å². The number of hydrogen-bond acceptors (Lipinski definition) is 2. The SMILES string of the molecule is COc1ccc(NC2CCc3c(F)cccc32)cc1. The summed E-state index contributed by atoms with van der Waals surface area (Å²) in [6.45, 7) is 0. The molecule has 0 aliphatic heterocycles. The Morgan fingerprint density at radius 3 is 2.68 bits per heavy atom. The first-order valence-electron chi connectivity index (χ1n) is 6.46. The molecule has 1 aliphatic carbocycles. The van der Waals surface area contributed by atoms with Gasteiger partial charge in [-0.25, -0.2) is 4.39 Å². The standard InChI is InChI=1S/C16H16FNO/c1-19-12-7-5-11(6-8-12)18-16-10-9-13-14(16)3-2-4-15(13)17/h2-8,16,18H,9-10H2,1H3. The minimum absolute atomic E-state index is 0.0865. The molecule has 1 aliphatic rings. The number of nitrogens with one attached hydrogen (secondary N) is 1. The van der Waals surface area contributed by atoms with Gasteiger partial charge >= 0.3 is 0 Å². The van der Waals surface area contributed by atoms with Gasteiger partial charge in [0.2, 0.25) is 0 Å². The first kappa shape index (κ1) is 12.0. The van der Waals surface area contributed by atoms with E-state index in [0.717, 1.165) is 35.4 Å². The third-order valence-electron chi connectivity index (χ3n) is 3.64. The van der Waals surface area contributed by atoms with E-state index in [-0.39, 0.29) is 11.9 Å². The summed E-state index contributed by atoms with van der Waals surface area (Å²) >= 11 is 0. The van der Waals surface area contributed by atoms with Crippen LogP contribution in [0.3, 0.4) is 0 Å². The van der Waals surface area contributed by atoms with Crippen LogP contribution in [0.2, 0.25) is 0 Å². The molecule has 0 fully saturated rings. The number of methoxy groups -OCH3 is 1. The molecule has 0 aromatic heterocycles. The quantitative estimate of drug-likeness (QED) is 0.899. The van der Waals surface area contributed by atoms with E-state index in [4.69, 9.17) is 4.74 Å². The maximum Gasteiger partial charge on any atom is 0.126 e. The van der Waals surface area contributed by atoms with E-state index < -0.39 is 0 Å². The van der Waals surface area contributed by atoms with Crippen molar-refractivity contribution in [2.45, 2.75) is 18.9 Å². The van der Waals surface area contributed by atoms with Gasteiger partial charge in [-0.1, -0.05) is 12.1 Å². The van der Waals surface area contributed by atoms with Crippen molar-refractivity contribution in [2.75, 3.05) is 12.4 Å². The number of ether oxygens (including phenoxy) is 1. The lowest BCUT2D eigenvalue weighted by atomic mass is 10.1. The molecule has 1 unspecified atom stereocenters. The van der Waals surface area contributed by atoms with E-state index in [1.54, 1.807) is 13.2 Å². The van der Waals surface area contributed by atoms with Gasteiger partial charge in [0, 0.05) is 5.69 Å². The van der Waals surface area contributed by atoms with Gasteiger partial charge in [0.15, 0.2) is 0 Å². The third kappa shape index (κ3) is 2.28. The molecular formula is C16H16FNO. The van der Waals surface area contributed by atoms with Crippen LogP contribution in [0.15, 0.2) is 42.5 Å². The second-order valence-electron chi connectivity index (χ2n) is 4.77. The van der Waals surface area contributed by atoms with Crippen molar-refractivity contribution >= 4 is 5.69 Å². The topological polar surface area (TPSA) is 21.3 Å². The van der Waals surface area contributed by atoms with Crippen LogP contribution in [0.25, 0.3) is 0 Å². The lowest BCUT2D eigenvalue weighted by Gasteiger charge is -2.15. The Kier molecular flexibility index (Phi) is 3.11. The fourth-order valence-electron chi connectivity index (χ4n) is 2.65. The molecule has 19 heavy (non-hydrogen) atoms. The zero-order valence-corrected chi connectivity index (χ0v) is 10.8. The summed E-state index contributed by atoms with van der Waals surface area (Å²) in [7, 11) is 1.65. The summed E-state index contributed by atoms with van der Waals surface area (Å²) in [5.41, 5.74) is 2.97. The van der Waals surface area contributed by atoms with Crippen molar-refractivity contribution in [1.82, 2.24) is 0 Å². The molecule has 2 aromatic rings. The van der Waals surface area contributed by atoms with Gasteiger partial charge in [0.05, 0.1) is 13.2 Å². The van der Waals surface area contributed by atoms with E-state index >= 15 is 0 Å². The van der Waals surface area contributed by atoms with Gasteiger partial charge in [0.25, 0.3) is 0 Å². The van der Waals surface area contributed by atoms with E-state index in [9.17, 15) is 4.39 Å². The van der Waals surface area contributed by atoms with Gasteiger partial charge < -0.3 is 10.1 Å². The highest BCUT2D eigenvalue weighted by Gasteiger charge is 2.24. The van der Waals surface area contributed by atoms with Crippen LogP contribution in [0.1, 0.15) is 23.6 Å². The average molecular weight is 257 g/mol. The van der Waals surface area contributed by atoms with Crippen molar-refractivity contribution in [3.63, 3.8) is 0 Å². The summed E-state index contributed by atoms with van der Waals surface area (Å²) < 4.78 is 18.8. The number of halogens is 1. The second-order valence-corrected chi connectivity index (χ2v) is 4.77. The number of anilines is 1. The molecular weight excluding hydrogens is 241 g/mol. The van der Waals surface area contributed by atoms with Crippen LogP contribution in [-0.2, 0) is 6.42 Å². The number of rotatable bonds is 3. The highest BCUT2D eigenvalue weighted by atomic mass is 19.1. The van der Waals surface area contributed by atoms with Crippen molar-refractivity contribution in [3.05, 3.63) is 59.4 Å². The van der Waals surface area contributed by atoms with Gasteiger partial charge in [0.1, 0.15) is 11.6 Å². The number of benzene rings is 2. The molecule has 3 rings (SSSR count). The number of hydrogen-bond donors (Lipinski definition) is 1. The fraction of sp³-hybridized carbons (Fsp3) is 0.250. The zero-order chi connectivity index (χ0) is 13.2. The molecule has 0 amide bonds. The lowest BCUT2D eigenvalue weighted by Crippen LogP contribution is -2.07. The molecule has 0 spiro atoms. The number of fused-ring (bicyclic) bond motifs is 1. The molecule has 98 valence electrons. The van der Waals surface area contributed by atoms with Crippen LogP contribution in [0.5, 0.6) is 5.75 Å². The summed E-state index contributed by atoms with van der Waals surface area (Å²) in [5, 5.41) is 3.45. The lowest BCUT2D eigenvalue weighted by molar-refractivity contribution is 0.415. The molecule has 0 saturated heterocycles. The molecule has 0 saturated carbocycles. The van der Waals surface area contributed by atoms with Crippen LogP contribution < -0.4 is 10.1 Å². The highest BCUT2D eigenvalue weighted by molar-refractivity contribution is 5.50. The van der Waals surface area contributed by atoms with Crippen molar-refractivity contribution in [1.29, 1.82) is 0 Å². The molecule has 2 aromatic carbocycles. The predicted octanol–water partition coefficient (Wildman–Crippen LogP) is 3.93. The average Bonchev–Trinajstić information content (AvgIpc) is 2.84. The Balaban J connectivity index is 1.80. The minimum atomic E-state index is -0.0865. The largest absolute Gasteiger partial charge is 0.497 e. The molecule has 0 radical (unpaired) electrons. The normalized spacial score (nSPS) is 17.1. The van der Waals surface area contributed by atoms with Gasteiger partial charge in [-0.3, -0.25) is 0 Å². The van der Waals surface area contributed by atoms with Crippen molar-refractivity contribution in [2.24, 2.45) is 0 Å².